The van der Waals surface area contributed by atoms with E-state index in [0.717, 1.165) is 0 Å². The summed E-state index contributed by atoms with van der Waals surface area (Å²) in [7, 11) is 0. The second kappa shape index (κ2) is 10.7. The summed E-state index contributed by atoms with van der Waals surface area (Å²) in [5, 5.41) is 11.4. The monoisotopic (exact) mass is 291 g/mol. The molecular formula is C11H15Cl2N3O2. The van der Waals surface area contributed by atoms with Crippen molar-refractivity contribution in [3.05, 3.63) is 29.8 Å². The number of halogens is 2. The fourth-order valence-corrected chi connectivity index (χ4v) is 1.08. The molecule has 0 bridgehead atoms. The molecule has 100 valence electrons. The smallest absolute Gasteiger partial charge is 0.231 e. The number of nitrogens with zero attached hydrogens (tertiary/aromatic N) is 1. The van der Waals surface area contributed by atoms with Crippen molar-refractivity contribution >= 4 is 30.7 Å². The standard InChI is InChI=1S/C11H13N3O2.2ClH/c12-7-9-1-3-10(4-2-9)16-6-5-14-8-11(13)15;;/h1-4,14H,5-6,8H2,(H2,13,15);2*1H. The van der Waals surface area contributed by atoms with E-state index in [-0.39, 0.29) is 31.4 Å². The first kappa shape index (κ1) is 18.9. The molecule has 0 aromatic heterocycles. The molecule has 0 aliphatic carbocycles. The molecule has 0 spiro atoms. The van der Waals surface area contributed by atoms with E-state index >= 15 is 0 Å². The Hall–Kier alpha value is -1.48. The number of carbonyl (C=O) groups is 1. The molecule has 0 aliphatic heterocycles. The number of primary amides is 1. The Bertz CT molecular complexity index is 390. The number of benzene rings is 1. The predicted molar refractivity (Wildman–Crippen MR) is 73.2 cm³/mol. The van der Waals surface area contributed by atoms with Crippen LogP contribution in [0.3, 0.4) is 0 Å². The molecule has 3 N–H and O–H groups in total. The van der Waals surface area contributed by atoms with Gasteiger partial charge in [-0.3, -0.25) is 4.79 Å². The Morgan fingerprint density at radius 1 is 1.33 bits per heavy atom. The van der Waals surface area contributed by atoms with Gasteiger partial charge in [0.05, 0.1) is 18.2 Å². The third kappa shape index (κ3) is 7.74. The highest BCUT2D eigenvalue weighted by Crippen LogP contribution is 2.10. The van der Waals surface area contributed by atoms with E-state index in [1.54, 1.807) is 24.3 Å². The molecule has 0 radical (unpaired) electrons. The largest absolute Gasteiger partial charge is 0.492 e. The number of nitriles is 1. The quantitative estimate of drug-likeness (QED) is 0.761. The van der Waals surface area contributed by atoms with Gasteiger partial charge in [-0.1, -0.05) is 0 Å². The Morgan fingerprint density at radius 2 is 1.94 bits per heavy atom. The number of hydrogen-bond acceptors (Lipinski definition) is 4. The lowest BCUT2D eigenvalue weighted by Gasteiger charge is -2.06. The topological polar surface area (TPSA) is 88.1 Å². The van der Waals surface area contributed by atoms with Gasteiger partial charge in [-0.05, 0) is 24.3 Å². The second-order valence-electron chi connectivity index (χ2n) is 3.13. The zero-order chi connectivity index (χ0) is 11.8. The van der Waals surface area contributed by atoms with Crippen molar-refractivity contribution in [1.82, 2.24) is 5.32 Å². The van der Waals surface area contributed by atoms with Gasteiger partial charge in [0.15, 0.2) is 0 Å². The van der Waals surface area contributed by atoms with Crippen molar-refractivity contribution in [1.29, 1.82) is 5.26 Å². The van der Waals surface area contributed by atoms with Gasteiger partial charge < -0.3 is 15.8 Å². The highest BCUT2D eigenvalue weighted by Gasteiger charge is 1.95. The van der Waals surface area contributed by atoms with Gasteiger partial charge in [-0.2, -0.15) is 5.26 Å². The lowest BCUT2D eigenvalue weighted by molar-refractivity contribution is -0.117. The van der Waals surface area contributed by atoms with E-state index in [0.29, 0.717) is 24.5 Å². The van der Waals surface area contributed by atoms with Crippen LogP contribution in [-0.4, -0.2) is 25.6 Å². The van der Waals surface area contributed by atoms with E-state index in [4.69, 9.17) is 15.7 Å². The summed E-state index contributed by atoms with van der Waals surface area (Å²) in [6, 6.07) is 8.85. The van der Waals surface area contributed by atoms with Gasteiger partial charge in [0.2, 0.25) is 5.91 Å². The Balaban J connectivity index is 0. The first-order valence-electron chi connectivity index (χ1n) is 4.84. The molecule has 1 aromatic rings. The highest BCUT2D eigenvalue weighted by molar-refractivity contribution is 5.85. The molecular weight excluding hydrogens is 277 g/mol. The number of rotatable bonds is 6. The van der Waals surface area contributed by atoms with E-state index < -0.39 is 5.91 Å². The maximum atomic E-state index is 10.4. The maximum absolute atomic E-state index is 10.4. The van der Waals surface area contributed by atoms with Crippen LogP contribution < -0.4 is 15.8 Å². The fourth-order valence-electron chi connectivity index (χ4n) is 1.08. The molecule has 0 heterocycles. The third-order valence-corrected chi connectivity index (χ3v) is 1.83. The molecule has 0 saturated carbocycles. The molecule has 0 unspecified atom stereocenters. The molecule has 0 fully saturated rings. The summed E-state index contributed by atoms with van der Waals surface area (Å²) in [6.07, 6.45) is 0. The number of amides is 1. The van der Waals surface area contributed by atoms with E-state index in [9.17, 15) is 4.79 Å². The third-order valence-electron chi connectivity index (χ3n) is 1.83. The Labute approximate surface area is 118 Å². The van der Waals surface area contributed by atoms with Crippen LogP contribution in [0.25, 0.3) is 0 Å². The minimum Gasteiger partial charge on any atom is -0.492 e. The zero-order valence-electron chi connectivity index (χ0n) is 9.59. The van der Waals surface area contributed by atoms with E-state index in [1.165, 1.54) is 0 Å². The number of hydrogen-bond donors (Lipinski definition) is 2. The lowest BCUT2D eigenvalue weighted by Crippen LogP contribution is -2.31. The minimum absolute atomic E-state index is 0. The minimum atomic E-state index is -0.390. The predicted octanol–water partition coefficient (Wildman–Crippen LogP) is 0.856. The highest BCUT2D eigenvalue weighted by atomic mass is 35.5. The zero-order valence-corrected chi connectivity index (χ0v) is 11.2. The van der Waals surface area contributed by atoms with Gasteiger partial charge in [-0.25, -0.2) is 0 Å². The van der Waals surface area contributed by atoms with Crippen molar-refractivity contribution in [2.75, 3.05) is 19.7 Å². The van der Waals surface area contributed by atoms with E-state index in [1.807, 2.05) is 6.07 Å². The fraction of sp³-hybridized carbons (Fsp3) is 0.273. The molecule has 18 heavy (non-hydrogen) atoms. The molecule has 1 aromatic carbocycles. The van der Waals surface area contributed by atoms with Crippen LogP contribution in [0.15, 0.2) is 24.3 Å². The van der Waals surface area contributed by atoms with E-state index in [2.05, 4.69) is 5.32 Å². The van der Waals surface area contributed by atoms with Gasteiger partial charge in [0.1, 0.15) is 12.4 Å². The molecule has 5 nitrogen and oxygen atoms in total. The molecule has 1 amide bonds. The molecule has 1 rings (SSSR count). The first-order chi connectivity index (χ1) is 7.72. The van der Waals surface area contributed by atoms with Crippen molar-refractivity contribution in [2.24, 2.45) is 5.73 Å². The maximum Gasteiger partial charge on any atom is 0.231 e. The normalized spacial score (nSPS) is 8.39. The summed E-state index contributed by atoms with van der Waals surface area (Å²) < 4.78 is 5.36. The SMILES string of the molecule is Cl.Cl.N#Cc1ccc(OCCNCC(N)=O)cc1. The number of carbonyl (C=O) groups excluding carboxylic acids is 1. The summed E-state index contributed by atoms with van der Waals surface area (Å²) in [5.74, 6) is 0.304. The van der Waals surface area contributed by atoms with Gasteiger partial charge >= 0.3 is 0 Å². The van der Waals surface area contributed by atoms with Crippen molar-refractivity contribution < 1.29 is 9.53 Å². The molecule has 0 atom stereocenters. The second-order valence-corrected chi connectivity index (χ2v) is 3.13. The van der Waals surface area contributed by atoms with Crippen molar-refractivity contribution in [2.45, 2.75) is 0 Å². The van der Waals surface area contributed by atoms with Crippen LogP contribution in [0, 0.1) is 11.3 Å². The lowest BCUT2D eigenvalue weighted by atomic mass is 10.2. The van der Waals surface area contributed by atoms with Gasteiger partial charge in [0.25, 0.3) is 0 Å². The first-order valence-corrected chi connectivity index (χ1v) is 4.84. The molecule has 7 heteroatoms. The Kier molecular flexibility index (Phi) is 11.2. The average molecular weight is 292 g/mol. The van der Waals surface area contributed by atoms with Crippen LogP contribution in [0.2, 0.25) is 0 Å². The van der Waals surface area contributed by atoms with Gasteiger partial charge in [-0.15, -0.1) is 24.8 Å². The van der Waals surface area contributed by atoms with Crippen LogP contribution in [-0.2, 0) is 4.79 Å². The van der Waals surface area contributed by atoms with Crippen molar-refractivity contribution in [3.63, 3.8) is 0 Å². The summed E-state index contributed by atoms with van der Waals surface area (Å²) in [6.45, 7) is 1.14. The summed E-state index contributed by atoms with van der Waals surface area (Å²) in [5.41, 5.74) is 5.54. The van der Waals surface area contributed by atoms with Crippen LogP contribution >= 0.6 is 24.8 Å². The van der Waals surface area contributed by atoms with Crippen LogP contribution in [0.5, 0.6) is 5.75 Å². The average Bonchev–Trinajstić information content (AvgIpc) is 2.29. The van der Waals surface area contributed by atoms with Gasteiger partial charge in [0, 0.05) is 6.54 Å². The number of nitrogens with two attached hydrogens (primary N) is 1. The summed E-state index contributed by atoms with van der Waals surface area (Å²) in [4.78, 5) is 10.4. The Morgan fingerprint density at radius 3 is 2.44 bits per heavy atom. The van der Waals surface area contributed by atoms with Crippen LogP contribution in [0.1, 0.15) is 5.56 Å². The number of ether oxygens (including phenoxy) is 1. The summed E-state index contributed by atoms with van der Waals surface area (Å²) >= 11 is 0. The molecule has 0 aliphatic rings. The van der Waals surface area contributed by atoms with Crippen LogP contribution in [0.4, 0.5) is 0 Å². The number of nitrogens with one attached hydrogen (secondary N) is 1. The molecule has 0 saturated heterocycles. The van der Waals surface area contributed by atoms with Crippen molar-refractivity contribution in [3.8, 4) is 11.8 Å².